The standard InChI is InChI=1S/C12H17O2/c1-10(2)14-11(3)13-9-12-7-5-4-6-8-12/h5-8,10-11H,9H2,1-3H3. The lowest BCUT2D eigenvalue weighted by Gasteiger charge is -2.16. The maximum absolute atomic E-state index is 5.50. The van der Waals surface area contributed by atoms with Crippen molar-refractivity contribution in [1.29, 1.82) is 0 Å². The van der Waals surface area contributed by atoms with Crippen molar-refractivity contribution in [3.05, 3.63) is 35.9 Å². The Labute approximate surface area is 85.8 Å². The molecule has 0 aromatic heterocycles. The van der Waals surface area contributed by atoms with Gasteiger partial charge in [-0.1, -0.05) is 24.3 Å². The number of hydrogen-bond donors (Lipinski definition) is 0. The molecule has 2 heteroatoms. The lowest BCUT2D eigenvalue weighted by molar-refractivity contribution is -0.157. The molecule has 1 unspecified atom stereocenters. The van der Waals surface area contributed by atoms with Crippen LogP contribution in [0.5, 0.6) is 0 Å². The molecule has 14 heavy (non-hydrogen) atoms. The lowest BCUT2D eigenvalue weighted by Crippen LogP contribution is -2.17. The van der Waals surface area contributed by atoms with Crippen molar-refractivity contribution in [1.82, 2.24) is 0 Å². The minimum Gasteiger partial charge on any atom is -0.350 e. The van der Waals surface area contributed by atoms with Gasteiger partial charge in [0.05, 0.1) is 12.7 Å². The lowest BCUT2D eigenvalue weighted by atomic mass is 10.2. The second kappa shape index (κ2) is 5.78. The van der Waals surface area contributed by atoms with E-state index in [1.807, 2.05) is 45.0 Å². The van der Waals surface area contributed by atoms with Crippen LogP contribution in [0.15, 0.2) is 24.3 Å². The van der Waals surface area contributed by atoms with Crippen LogP contribution in [0.2, 0.25) is 0 Å². The van der Waals surface area contributed by atoms with Gasteiger partial charge < -0.3 is 9.47 Å². The molecule has 1 aromatic carbocycles. The van der Waals surface area contributed by atoms with E-state index in [0.717, 1.165) is 5.56 Å². The zero-order valence-electron chi connectivity index (χ0n) is 8.99. The summed E-state index contributed by atoms with van der Waals surface area (Å²) < 4.78 is 10.9. The van der Waals surface area contributed by atoms with Crippen LogP contribution in [0.25, 0.3) is 0 Å². The molecule has 1 rings (SSSR count). The summed E-state index contributed by atoms with van der Waals surface area (Å²) in [6.07, 6.45) is 0.0493. The summed E-state index contributed by atoms with van der Waals surface area (Å²) in [5.41, 5.74) is 1.14. The van der Waals surface area contributed by atoms with Crippen LogP contribution in [0.3, 0.4) is 0 Å². The highest BCUT2D eigenvalue weighted by Gasteiger charge is 2.04. The van der Waals surface area contributed by atoms with Gasteiger partial charge in [-0.2, -0.15) is 0 Å². The molecule has 0 N–H and O–H groups in total. The number of hydrogen-bond acceptors (Lipinski definition) is 2. The average Bonchev–Trinajstić information content (AvgIpc) is 2.15. The van der Waals surface area contributed by atoms with Gasteiger partial charge in [0.1, 0.15) is 0 Å². The third-order valence-corrected chi connectivity index (χ3v) is 1.74. The third-order valence-electron chi connectivity index (χ3n) is 1.74. The molecule has 0 heterocycles. The summed E-state index contributed by atoms with van der Waals surface area (Å²) in [6.45, 7) is 6.49. The van der Waals surface area contributed by atoms with Gasteiger partial charge in [0, 0.05) is 0 Å². The summed E-state index contributed by atoms with van der Waals surface area (Å²) in [5.74, 6) is 0. The molecule has 77 valence electrons. The fourth-order valence-corrected chi connectivity index (χ4v) is 1.15. The fourth-order valence-electron chi connectivity index (χ4n) is 1.15. The first-order valence-corrected chi connectivity index (χ1v) is 4.90. The first-order chi connectivity index (χ1) is 6.68. The molecular formula is C12H17O2. The molecule has 0 amide bonds. The first kappa shape index (κ1) is 11.2. The molecule has 1 atom stereocenters. The molecule has 0 aliphatic carbocycles. The minimum atomic E-state index is -0.154. The van der Waals surface area contributed by atoms with Gasteiger partial charge in [0.25, 0.3) is 0 Å². The maximum Gasteiger partial charge on any atom is 0.155 e. The Kier molecular flexibility index (Phi) is 4.63. The van der Waals surface area contributed by atoms with E-state index in [2.05, 4.69) is 6.07 Å². The molecule has 0 fully saturated rings. The highest BCUT2D eigenvalue weighted by atomic mass is 16.7. The predicted molar refractivity (Wildman–Crippen MR) is 55.8 cm³/mol. The highest BCUT2D eigenvalue weighted by Crippen LogP contribution is 2.05. The molecule has 0 aliphatic heterocycles. The van der Waals surface area contributed by atoms with Crippen molar-refractivity contribution < 1.29 is 9.47 Å². The molecule has 0 spiro atoms. The van der Waals surface area contributed by atoms with Crippen molar-refractivity contribution in [2.24, 2.45) is 0 Å². The summed E-state index contributed by atoms with van der Waals surface area (Å²) in [5, 5.41) is 0. The second-order valence-corrected chi connectivity index (χ2v) is 3.47. The Bertz CT molecular complexity index is 244. The van der Waals surface area contributed by atoms with Gasteiger partial charge in [0.2, 0.25) is 0 Å². The van der Waals surface area contributed by atoms with E-state index >= 15 is 0 Å². The van der Waals surface area contributed by atoms with E-state index in [-0.39, 0.29) is 12.4 Å². The average molecular weight is 193 g/mol. The Morgan fingerprint density at radius 3 is 2.43 bits per heavy atom. The van der Waals surface area contributed by atoms with Crippen molar-refractivity contribution in [3.8, 4) is 0 Å². The van der Waals surface area contributed by atoms with E-state index in [0.29, 0.717) is 6.61 Å². The predicted octanol–water partition coefficient (Wildman–Crippen LogP) is 2.77. The molecular weight excluding hydrogens is 176 g/mol. The molecule has 0 saturated carbocycles. The second-order valence-electron chi connectivity index (χ2n) is 3.47. The molecule has 2 nitrogen and oxygen atoms in total. The minimum absolute atomic E-state index is 0.154. The van der Waals surface area contributed by atoms with Crippen LogP contribution in [0.1, 0.15) is 26.3 Å². The molecule has 0 aliphatic rings. The summed E-state index contributed by atoms with van der Waals surface area (Å²) in [4.78, 5) is 0. The van der Waals surface area contributed by atoms with E-state index in [1.54, 1.807) is 0 Å². The fraction of sp³-hybridized carbons (Fsp3) is 0.500. The zero-order valence-corrected chi connectivity index (χ0v) is 8.99. The monoisotopic (exact) mass is 193 g/mol. The van der Waals surface area contributed by atoms with Crippen LogP contribution in [0.4, 0.5) is 0 Å². The van der Waals surface area contributed by atoms with E-state index in [1.165, 1.54) is 0 Å². The van der Waals surface area contributed by atoms with E-state index in [4.69, 9.17) is 9.47 Å². The third kappa shape index (κ3) is 4.40. The molecule has 1 aromatic rings. The van der Waals surface area contributed by atoms with Crippen LogP contribution < -0.4 is 0 Å². The summed E-state index contributed by atoms with van der Waals surface area (Å²) in [7, 11) is 0. The quantitative estimate of drug-likeness (QED) is 0.669. The summed E-state index contributed by atoms with van der Waals surface area (Å²) >= 11 is 0. The van der Waals surface area contributed by atoms with Gasteiger partial charge in [0.15, 0.2) is 6.29 Å². The molecule has 0 bridgehead atoms. The number of ether oxygens (including phenoxy) is 2. The van der Waals surface area contributed by atoms with Gasteiger partial charge in [-0.05, 0) is 32.4 Å². The van der Waals surface area contributed by atoms with E-state index < -0.39 is 0 Å². The summed E-state index contributed by atoms with van der Waals surface area (Å²) in [6, 6.07) is 10.7. The molecule has 1 radical (unpaired) electrons. The van der Waals surface area contributed by atoms with Crippen LogP contribution >= 0.6 is 0 Å². The first-order valence-electron chi connectivity index (χ1n) is 4.90. The number of benzene rings is 1. The van der Waals surface area contributed by atoms with Crippen LogP contribution in [0, 0.1) is 6.07 Å². The van der Waals surface area contributed by atoms with Crippen molar-refractivity contribution in [3.63, 3.8) is 0 Å². The van der Waals surface area contributed by atoms with Gasteiger partial charge >= 0.3 is 0 Å². The normalized spacial score (nSPS) is 13.1. The molecule has 0 saturated heterocycles. The highest BCUT2D eigenvalue weighted by molar-refractivity contribution is 5.12. The van der Waals surface area contributed by atoms with Gasteiger partial charge in [-0.25, -0.2) is 0 Å². The Morgan fingerprint density at radius 1 is 1.21 bits per heavy atom. The van der Waals surface area contributed by atoms with Crippen LogP contribution in [-0.4, -0.2) is 12.4 Å². The van der Waals surface area contributed by atoms with E-state index in [9.17, 15) is 0 Å². The van der Waals surface area contributed by atoms with Crippen LogP contribution in [-0.2, 0) is 16.1 Å². The Morgan fingerprint density at radius 2 is 1.86 bits per heavy atom. The van der Waals surface area contributed by atoms with Crippen molar-refractivity contribution in [2.45, 2.75) is 39.8 Å². The van der Waals surface area contributed by atoms with Gasteiger partial charge in [-0.15, -0.1) is 0 Å². The topological polar surface area (TPSA) is 18.5 Å². The largest absolute Gasteiger partial charge is 0.350 e. The Balaban J connectivity index is 2.27. The Hall–Kier alpha value is -0.860. The van der Waals surface area contributed by atoms with Gasteiger partial charge in [-0.3, -0.25) is 0 Å². The SMILES string of the molecule is CC(C)OC(C)OCc1cc[c]cc1. The maximum atomic E-state index is 5.50. The van der Waals surface area contributed by atoms with Crippen molar-refractivity contribution in [2.75, 3.05) is 0 Å². The smallest absolute Gasteiger partial charge is 0.155 e. The van der Waals surface area contributed by atoms with Crippen molar-refractivity contribution >= 4 is 0 Å². The number of rotatable bonds is 5. The zero-order chi connectivity index (χ0) is 10.4.